The van der Waals surface area contributed by atoms with Crippen molar-refractivity contribution in [2.24, 2.45) is 4.99 Å². The first kappa shape index (κ1) is 20.0. The van der Waals surface area contributed by atoms with Crippen LogP contribution in [0.25, 0.3) is 10.4 Å². The molecule has 2 aromatic carbocycles. The molecule has 30 heavy (non-hydrogen) atoms. The summed E-state index contributed by atoms with van der Waals surface area (Å²) < 4.78 is 5.20. The maximum Gasteiger partial charge on any atom is 0.362 e. The van der Waals surface area contributed by atoms with Crippen LogP contribution < -0.4 is 15.0 Å². The molecule has 0 aliphatic carbocycles. The quantitative estimate of drug-likeness (QED) is 0.665. The van der Waals surface area contributed by atoms with Crippen molar-refractivity contribution in [2.75, 3.05) is 19.0 Å². The van der Waals surface area contributed by atoms with E-state index in [2.05, 4.69) is 10.3 Å². The number of hydrogen-bond acceptors (Lipinski definition) is 5. The number of aliphatic imine (C=N–C) groups is 1. The molecule has 0 spiro atoms. The van der Waals surface area contributed by atoms with Gasteiger partial charge in [-0.25, -0.2) is 14.7 Å². The van der Waals surface area contributed by atoms with Crippen LogP contribution in [0.15, 0.2) is 53.5 Å². The van der Waals surface area contributed by atoms with Gasteiger partial charge in [0.25, 0.3) is 5.91 Å². The Hall–Kier alpha value is -3.29. The second kappa shape index (κ2) is 8.22. The van der Waals surface area contributed by atoms with Crippen LogP contribution in [0.5, 0.6) is 5.75 Å². The van der Waals surface area contributed by atoms with Crippen molar-refractivity contribution in [3.63, 3.8) is 0 Å². The molecule has 1 aromatic heterocycles. The minimum Gasteiger partial charge on any atom is -0.497 e. The van der Waals surface area contributed by atoms with Crippen LogP contribution in [0.3, 0.4) is 0 Å². The number of amides is 2. The molecule has 0 saturated heterocycles. The third-order valence-electron chi connectivity index (χ3n) is 4.96. The molecule has 4 rings (SSSR count). The monoisotopic (exact) mass is 420 g/mol. The van der Waals surface area contributed by atoms with E-state index in [0.717, 1.165) is 33.0 Å². The number of hydrogen-bond donors (Lipinski definition) is 2. The van der Waals surface area contributed by atoms with Gasteiger partial charge in [0.05, 0.1) is 12.8 Å². The fourth-order valence-electron chi connectivity index (χ4n) is 3.25. The van der Waals surface area contributed by atoms with Crippen molar-refractivity contribution < 1.29 is 19.2 Å². The number of nitrogens with one attached hydrogen (secondary N) is 2. The molecule has 7 heteroatoms. The fraction of sp³-hybridized carbons (Fsp3) is 0.174. The second-order valence-corrected chi connectivity index (χ2v) is 8.26. The summed E-state index contributed by atoms with van der Waals surface area (Å²) in [6.07, 6.45) is 1.51. The SMILES string of the molecule is COc1ccc(-c2cc3c(s2)C(=O)[NH+](CC(=O)Nc2cc(C)ccc2C)C=N3)cc1. The summed E-state index contributed by atoms with van der Waals surface area (Å²) in [5.41, 5.74) is 4.45. The third kappa shape index (κ3) is 4.03. The van der Waals surface area contributed by atoms with Crippen LogP contribution in [0.2, 0.25) is 0 Å². The van der Waals surface area contributed by atoms with Crippen LogP contribution in [0.1, 0.15) is 20.8 Å². The normalized spacial score (nSPS) is 15.0. The average Bonchev–Trinajstić information content (AvgIpc) is 3.18. The number of fused-ring (bicyclic) bond motifs is 1. The van der Waals surface area contributed by atoms with Crippen molar-refractivity contribution in [2.45, 2.75) is 13.8 Å². The van der Waals surface area contributed by atoms with Crippen LogP contribution >= 0.6 is 11.3 Å². The zero-order valence-corrected chi connectivity index (χ0v) is 17.8. The number of benzene rings is 2. The molecule has 0 bridgehead atoms. The fourth-order valence-corrected chi connectivity index (χ4v) is 4.34. The first-order valence-corrected chi connectivity index (χ1v) is 10.4. The van der Waals surface area contributed by atoms with Crippen LogP contribution in [-0.2, 0) is 4.79 Å². The Bertz CT molecular complexity index is 1150. The average molecular weight is 421 g/mol. The van der Waals surface area contributed by atoms with E-state index in [1.54, 1.807) is 7.11 Å². The van der Waals surface area contributed by atoms with Gasteiger partial charge in [0.1, 0.15) is 5.75 Å². The van der Waals surface area contributed by atoms with Gasteiger partial charge in [-0.3, -0.25) is 4.79 Å². The number of ether oxygens (including phenoxy) is 1. The number of thiophene rings is 1. The third-order valence-corrected chi connectivity index (χ3v) is 6.13. The standard InChI is InChI=1S/C23H21N3O3S/c1-14-4-5-15(2)18(10-14)25-21(27)12-26-13-24-19-11-20(30-22(19)23(26)28)16-6-8-17(29-3)9-7-16/h4-11,13H,12H2,1-3H3,(H,25,27)/p+1. The van der Waals surface area contributed by atoms with Gasteiger partial charge in [0.15, 0.2) is 17.8 Å². The number of rotatable bonds is 5. The molecule has 2 N–H and O–H groups in total. The maximum atomic E-state index is 13.0. The van der Waals surface area contributed by atoms with Gasteiger partial charge < -0.3 is 10.1 Å². The van der Waals surface area contributed by atoms with Gasteiger partial charge in [-0.2, -0.15) is 0 Å². The molecule has 1 unspecified atom stereocenters. The largest absolute Gasteiger partial charge is 0.497 e. The van der Waals surface area contributed by atoms with Crippen LogP contribution in [0, 0.1) is 13.8 Å². The van der Waals surface area contributed by atoms with Crippen molar-refractivity contribution in [3.8, 4) is 16.2 Å². The van der Waals surface area contributed by atoms with E-state index in [4.69, 9.17) is 4.74 Å². The lowest BCUT2D eigenvalue weighted by atomic mass is 10.1. The van der Waals surface area contributed by atoms with Crippen molar-refractivity contribution in [1.29, 1.82) is 0 Å². The summed E-state index contributed by atoms with van der Waals surface area (Å²) in [4.78, 5) is 31.8. The summed E-state index contributed by atoms with van der Waals surface area (Å²) in [5, 5.41) is 2.90. The van der Waals surface area contributed by atoms with E-state index in [0.29, 0.717) is 15.5 Å². The molecule has 0 fully saturated rings. The first-order chi connectivity index (χ1) is 14.4. The number of carbonyl (C=O) groups is 2. The smallest absolute Gasteiger partial charge is 0.362 e. The van der Waals surface area contributed by atoms with Crippen LogP contribution in [-0.4, -0.2) is 31.8 Å². The zero-order chi connectivity index (χ0) is 21.3. The Morgan fingerprint density at radius 2 is 1.90 bits per heavy atom. The van der Waals surface area contributed by atoms with E-state index < -0.39 is 0 Å². The van der Waals surface area contributed by atoms with Gasteiger partial charge >= 0.3 is 5.91 Å². The summed E-state index contributed by atoms with van der Waals surface area (Å²) >= 11 is 1.39. The molecule has 0 saturated carbocycles. The highest BCUT2D eigenvalue weighted by atomic mass is 32.1. The lowest BCUT2D eigenvalue weighted by Gasteiger charge is -2.15. The molecule has 1 aliphatic rings. The Labute approximate surface area is 178 Å². The van der Waals surface area contributed by atoms with E-state index in [-0.39, 0.29) is 18.4 Å². The summed E-state index contributed by atoms with van der Waals surface area (Å²) in [6, 6.07) is 15.5. The van der Waals surface area contributed by atoms with Crippen molar-refractivity contribution in [3.05, 3.63) is 64.5 Å². The molecule has 1 atom stereocenters. The molecule has 0 radical (unpaired) electrons. The summed E-state index contributed by atoms with van der Waals surface area (Å²) in [7, 11) is 1.63. The molecular weight excluding hydrogens is 398 g/mol. The summed E-state index contributed by atoms with van der Waals surface area (Å²) in [6.45, 7) is 3.90. The van der Waals surface area contributed by atoms with E-state index in [9.17, 15) is 9.59 Å². The Kier molecular flexibility index (Phi) is 5.48. The first-order valence-electron chi connectivity index (χ1n) is 9.54. The second-order valence-electron chi connectivity index (χ2n) is 7.21. The minimum atomic E-state index is -0.228. The highest BCUT2D eigenvalue weighted by Crippen LogP contribution is 2.37. The number of quaternary nitrogens is 1. The number of aryl methyl sites for hydroxylation is 2. The molecule has 2 heterocycles. The van der Waals surface area contributed by atoms with Gasteiger partial charge in [0, 0.05) is 10.6 Å². The molecule has 1 aliphatic heterocycles. The van der Waals surface area contributed by atoms with Gasteiger partial charge in [-0.15, -0.1) is 11.3 Å². The molecule has 2 amide bonds. The number of nitrogens with zero attached hydrogens (tertiary/aromatic N) is 1. The topological polar surface area (TPSA) is 72.2 Å². The Morgan fingerprint density at radius 1 is 1.13 bits per heavy atom. The lowest BCUT2D eigenvalue weighted by molar-refractivity contribution is -0.694. The van der Waals surface area contributed by atoms with Gasteiger partial charge in [0.2, 0.25) is 0 Å². The van der Waals surface area contributed by atoms with Gasteiger partial charge in [-0.05, 0) is 66.9 Å². The molecular formula is C23H22N3O3S+. The van der Waals surface area contributed by atoms with E-state index in [1.807, 2.05) is 62.4 Å². The Balaban J connectivity index is 1.48. The summed E-state index contributed by atoms with van der Waals surface area (Å²) in [5.74, 6) is 0.411. The minimum absolute atomic E-state index is 0.00900. The number of carbonyl (C=O) groups excluding carboxylic acids is 2. The van der Waals surface area contributed by atoms with Crippen molar-refractivity contribution in [1.82, 2.24) is 0 Å². The maximum absolute atomic E-state index is 13.0. The van der Waals surface area contributed by atoms with Gasteiger partial charge in [-0.1, -0.05) is 12.1 Å². The van der Waals surface area contributed by atoms with E-state index >= 15 is 0 Å². The Morgan fingerprint density at radius 3 is 2.63 bits per heavy atom. The predicted octanol–water partition coefficient (Wildman–Crippen LogP) is 3.38. The zero-order valence-electron chi connectivity index (χ0n) is 17.0. The molecule has 6 nitrogen and oxygen atoms in total. The number of anilines is 1. The van der Waals surface area contributed by atoms with Crippen molar-refractivity contribution >= 4 is 40.9 Å². The lowest BCUT2D eigenvalue weighted by Crippen LogP contribution is -3.15. The molecule has 3 aromatic rings. The highest BCUT2D eigenvalue weighted by Gasteiger charge is 2.31. The molecule has 152 valence electrons. The highest BCUT2D eigenvalue weighted by molar-refractivity contribution is 7.18. The van der Waals surface area contributed by atoms with Crippen LogP contribution in [0.4, 0.5) is 11.4 Å². The van der Waals surface area contributed by atoms with E-state index in [1.165, 1.54) is 17.7 Å². The number of methoxy groups -OCH3 is 1. The predicted molar refractivity (Wildman–Crippen MR) is 119 cm³/mol.